The molecule has 0 aliphatic carbocycles. The predicted molar refractivity (Wildman–Crippen MR) is 83.6 cm³/mol. The van der Waals surface area contributed by atoms with Gasteiger partial charge in [0.25, 0.3) is 0 Å². The van der Waals surface area contributed by atoms with E-state index in [0.29, 0.717) is 19.5 Å². The van der Waals surface area contributed by atoms with Crippen LogP contribution in [0.3, 0.4) is 0 Å². The zero-order chi connectivity index (χ0) is 16.4. The molecule has 0 fully saturated rings. The van der Waals surface area contributed by atoms with Gasteiger partial charge in [0.15, 0.2) is 0 Å². The monoisotopic (exact) mass is 297 g/mol. The van der Waals surface area contributed by atoms with Crippen LogP contribution in [0.4, 0.5) is 0 Å². The Labute approximate surface area is 128 Å². The first-order chi connectivity index (χ1) is 9.45. The quantitative estimate of drug-likeness (QED) is 0.752. The number of carbonyl (C=O) groups excluding carboxylic acids is 1. The molecule has 1 amide bonds. The molecule has 0 aromatic heterocycles. The molecular formula is C15H28BNO4. The molecule has 1 aliphatic heterocycles. The molecule has 0 saturated heterocycles. The highest BCUT2D eigenvalue weighted by Crippen LogP contribution is 2.27. The molecule has 21 heavy (non-hydrogen) atoms. The summed E-state index contributed by atoms with van der Waals surface area (Å²) in [6, 6.07) is 0. The lowest BCUT2D eigenvalue weighted by Crippen LogP contribution is -2.51. The number of hydrogen-bond acceptors (Lipinski definition) is 4. The molecule has 1 aliphatic rings. The van der Waals surface area contributed by atoms with Crippen molar-refractivity contribution in [1.82, 2.24) is 4.90 Å². The number of carbonyl (C=O) groups is 1. The standard InChI is InChI=1S/C15H28BNO4/c1-11(2)13(18)17-9-7-12(8-10-17)16(20)21-15(5,6)14(3,4)19/h7,11,19-20H,8-10H2,1-6H3. The van der Waals surface area contributed by atoms with Crippen LogP contribution in [0.25, 0.3) is 0 Å². The summed E-state index contributed by atoms with van der Waals surface area (Å²) in [5, 5.41) is 20.3. The summed E-state index contributed by atoms with van der Waals surface area (Å²) in [4.78, 5) is 13.7. The normalized spacial score (nSPS) is 17.0. The van der Waals surface area contributed by atoms with E-state index in [2.05, 4.69) is 0 Å². The first-order valence-electron chi connectivity index (χ1n) is 7.51. The van der Waals surface area contributed by atoms with Gasteiger partial charge in [0.1, 0.15) is 0 Å². The fourth-order valence-electron chi connectivity index (χ4n) is 1.97. The van der Waals surface area contributed by atoms with Crippen LogP contribution in [-0.2, 0) is 9.45 Å². The second-order valence-corrected chi connectivity index (χ2v) is 7.01. The van der Waals surface area contributed by atoms with Crippen LogP contribution in [-0.4, -0.2) is 52.3 Å². The molecule has 5 nitrogen and oxygen atoms in total. The Morgan fingerprint density at radius 2 is 1.95 bits per heavy atom. The Bertz CT molecular complexity index is 412. The average Bonchev–Trinajstić information content (AvgIpc) is 2.36. The van der Waals surface area contributed by atoms with E-state index in [1.54, 1.807) is 32.6 Å². The first kappa shape index (κ1) is 18.2. The van der Waals surface area contributed by atoms with Gasteiger partial charge in [-0.3, -0.25) is 4.79 Å². The molecule has 1 heterocycles. The number of aliphatic hydroxyl groups is 1. The Hall–Kier alpha value is -0.845. The minimum atomic E-state index is -1.07. The van der Waals surface area contributed by atoms with Gasteiger partial charge < -0.3 is 19.7 Å². The van der Waals surface area contributed by atoms with Crippen molar-refractivity contribution in [2.45, 2.75) is 59.2 Å². The lowest BCUT2D eigenvalue weighted by molar-refractivity contribution is -0.134. The minimum absolute atomic E-state index is 0.0183. The molecule has 1 rings (SSSR count). The second kappa shape index (κ2) is 6.50. The zero-order valence-corrected chi connectivity index (χ0v) is 14.0. The molecular weight excluding hydrogens is 269 g/mol. The van der Waals surface area contributed by atoms with Crippen molar-refractivity contribution in [3.63, 3.8) is 0 Å². The molecule has 0 unspecified atom stereocenters. The summed E-state index contributed by atoms with van der Waals surface area (Å²) in [5.41, 5.74) is -1.18. The number of amides is 1. The van der Waals surface area contributed by atoms with Crippen LogP contribution in [0.5, 0.6) is 0 Å². The van der Waals surface area contributed by atoms with E-state index in [1.165, 1.54) is 0 Å². The van der Waals surface area contributed by atoms with Crippen LogP contribution >= 0.6 is 0 Å². The van der Waals surface area contributed by atoms with Crippen molar-refractivity contribution in [3.8, 4) is 0 Å². The first-order valence-corrected chi connectivity index (χ1v) is 7.51. The van der Waals surface area contributed by atoms with E-state index in [1.807, 2.05) is 19.9 Å². The van der Waals surface area contributed by atoms with Gasteiger partial charge in [0, 0.05) is 19.0 Å². The molecule has 0 spiro atoms. The van der Waals surface area contributed by atoms with E-state index in [0.717, 1.165) is 5.47 Å². The van der Waals surface area contributed by atoms with Gasteiger partial charge in [-0.1, -0.05) is 19.9 Å². The third-order valence-electron chi connectivity index (χ3n) is 4.25. The van der Waals surface area contributed by atoms with E-state index >= 15 is 0 Å². The second-order valence-electron chi connectivity index (χ2n) is 7.01. The van der Waals surface area contributed by atoms with Crippen molar-refractivity contribution >= 4 is 13.0 Å². The molecule has 0 bridgehead atoms. The van der Waals surface area contributed by atoms with Gasteiger partial charge >= 0.3 is 7.12 Å². The molecule has 2 N–H and O–H groups in total. The van der Waals surface area contributed by atoms with Gasteiger partial charge in [-0.25, -0.2) is 0 Å². The smallest absolute Gasteiger partial charge is 0.423 e. The lowest BCUT2D eigenvalue weighted by atomic mass is 9.73. The van der Waals surface area contributed by atoms with Gasteiger partial charge in [0.05, 0.1) is 11.2 Å². The summed E-state index contributed by atoms with van der Waals surface area (Å²) < 4.78 is 5.62. The Morgan fingerprint density at radius 1 is 1.38 bits per heavy atom. The molecule has 6 heteroatoms. The maximum atomic E-state index is 11.9. The van der Waals surface area contributed by atoms with Crippen molar-refractivity contribution < 1.29 is 19.6 Å². The average molecular weight is 297 g/mol. The van der Waals surface area contributed by atoms with E-state index < -0.39 is 18.3 Å². The van der Waals surface area contributed by atoms with E-state index in [-0.39, 0.29) is 11.8 Å². The maximum Gasteiger partial charge on any atom is 0.487 e. The zero-order valence-electron chi connectivity index (χ0n) is 14.0. The summed E-state index contributed by atoms with van der Waals surface area (Å²) in [6.45, 7) is 11.6. The summed E-state index contributed by atoms with van der Waals surface area (Å²) in [5.74, 6) is 0.104. The van der Waals surface area contributed by atoms with Crippen LogP contribution in [0.2, 0.25) is 0 Å². The van der Waals surface area contributed by atoms with Gasteiger partial charge in [-0.2, -0.15) is 0 Å². The van der Waals surface area contributed by atoms with Gasteiger partial charge in [-0.05, 0) is 39.6 Å². The summed E-state index contributed by atoms with van der Waals surface area (Å²) in [7, 11) is -1.05. The molecule has 0 aromatic carbocycles. The molecule has 0 radical (unpaired) electrons. The highest BCUT2D eigenvalue weighted by atomic mass is 16.5. The third-order valence-corrected chi connectivity index (χ3v) is 4.25. The van der Waals surface area contributed by atoms with Gasteiger partial charge in [-0.15, -0.1) is 0 Å². The predicted octanol–water partition coefficient (Wildman–Crippen LogP) is 1.39. The lowest BCUT2D eigenvalue weighted by Gasteiger charge is -2.39. The topological polar surface area (TPSA) is 70.0 Å². The maximum absolute atomic E-state index is 11.9. The van der Waals surface area contributed by atoms with Crippen LogP contribution in [0.15, 0.2) is 11.5 Å². The highest BCUT2D eigenvalue weighted by Gasteiger charge is 2.40. The molecule has 0 aromatic rings. The molecule has 120 valence electrons. The Morgan fingerprint density at radius 3 is 2.33 bits per heavy atom. The minimum Gasteiger partial charge on any atom is -0.423 e. The largest absolute Gasteiger partial charge is 0.487 e. The van der Waals surface area contributed by atoms with Crippen molar-refractivity contribution in [2.24, 2.45) is 5.92 Å². The van der Waals surface area contributed by atoms with Crippen LogP contribution in [0.1, 0.15) is 48.0 Å². The number of hydrogen-bond donors (Lipinski definition) is 2. The third kappa shape index (κ3) is 4.56. The molecule has 0 atom stereocenters. The SMILES string of the molecule is CC(C)C(=O)N1CC=C(B(O)OC(C)(C)C(C)(C)O)CC1. The van der Waals surface area contributed by atoms with Crippen molar-refractivity contribution in [2.75, 3.05) is 13.1 Å². The van der Waals surface area contributed by atoms with Crippen molar-refractivity contribution in [3.05, 3.63) is 11.5 Å². The van der Waals surface area contributed by atoms with Crippen LogP contribution in [0, 0.1) is 5.92 Å². The molecule has 0 saturated carbocycles. The van der Waals surface area contributed by atoms with Gasteiger partial charge in [0.2, 0.25) is 5.91 Å². The number of nitrogens with zero attached hydrogens (tertiary/aromatic N) is 1. The Kier molecular flexibility index (Phi) is 5.64. The summed E-state index contributed by atoms with van der Waals surface area (Å²) in [6.07, 6.45) is 2.43. The van der Waals surface area contributed by atoms with E-state index in [4.69, 9.17) is 4.65 Å². The van der Waals surface area contributed by atoms with Crippen molar-refractivity contribution in [1.29, 1.82) is 0 Å². The summed E-state index contributed by atoms with van der Waals surface area (Å²) >= 11 is 0. The Balaban J connectivity index is 2.66. The highest BCUT2D eigenvalue weighted by molar-refractivity contribution is 6.52. The van der Waals surface area contributed by atoms with E-state index in [9.17, 15) is 14.9 Å². The number of rotatable bonds is 5. The fourth-order valence-corrected chi connectivity index (χ4v) is 1.97. The fraction of sp³-hybridized carbons (Fsp3) is 0.800. The van der Waals surface area contributed by atoms with Crippen LogP contribution < -0.4 is 0 Å².